The van der Waals surface area contributed by atoms with Gasteiger partial charge in [0.1, 0.15) is 5.75 Å². The molecule has 5 nitrogen and oxygen atoms in total. The minimum absolute atomic E-state index is 0.0502. The number of nitrogens with zero attached hydrogens (tertiary/aromatic N) is 2. The molecule has 0 unspecified atom stereocenters. The summed E-state index contributed by atoms with van der Waals surface area (Å²) in [6, 6.07) is 1.80. The lowest BCUT2D eigenvalue weighted by Crippen LogP contribution is -2.39. The number of hydrogen-bond donors (Lipinski definition) is 2. The molecular weight excluding hydrogens is 268 g/mol. The number of aliphatic hydroxyl groups excluding tert-OH is 1. The molecule has 0 bridgehead atoms. The number of hydrogen-bond acceptors (Lipinski definition) is 4. The van der Waals surface area contributed by atoms with Crippen LogP contribution in [0.25, 0.3) is 6.08 Å². The van der Waals surface area contributed by atoms with Gasteiger partial charge in [-0.25, -0.2) is 0 Å². The Kier molecular flexibility index (Phi) is 5.33. The van der Waals surface area contributed by atoms with E-state index >= 15 is 0 Å². The molecule has 2 N–H and O–H groups in total. The fourth-order valence-corrected chi connectivity index (χ4v) is 2.72. The predicted octanol–water partition coefficient (Wildman–Crippen LogP) is 1.81. The second kappa shape index (κ2) is 7.22. The van der Waals surface area contributed by atoms with Crippen molar-refractivity contribution >= 4 is 12.0 Å². The summed E-state index contributed by atoms with van der Waals surface area (Å²) in [5.74, 6) is 0.421. The number of aliphatic hydroxyl groups is 1. The molecule has 1 aromatic rings. The molecule has 21 heavy (non-hydrogen) atoms. The van der Waals surface area contributed by atoms with Crippen LogP contribution in [-0.2, 0) is 4.79 Å². The second-order valence-electron chi connectivity index (χ2n) is 5.62. The van der Waals surface area contributed by atoms with Crippen LogP contribution in [0.5, 0.6) is 5.75 Å². The van der Waals surface area contributed by atoms with Crippen molar-refractivity contribution in [2.24, 2.45) is 5.92 Å². The maximum atomic E-state index is 12.2. The zero-order valence-corrected chi connectivity index (χ0v) is 12.3. The summed E-state index contributed by atoms with van der Waals surface area (Å²) in [4.78, 5) is 17.8. The Labute approximate surface area is 124 Å². The van der Waals surface area contributed by atoms with Crippen LogP contribution in [0, 0.1) is 5.92 Å². The van der Waals surface area contributed by atoms with Gasteiger partial charge in [-0.05, 0) is 49.3 Å². The molecular formula is C16H22N2O3. The highest BCUT2D eigenvalue weighted by atomic mass is 16.3. The van der Waals surface area contributed by atoms with Crippen molar-refractivity contribution < 1.29 is 15.0 Å². The highest BCUT2D eigenvalue weighted by molar-refractivity contribution is 5.91. The largest absolute Gasteiger partial charge is 0.506 e. The van der Waals surface area contributed by atoms with Crippen molar-refractivity contribution in [2.45, 2.75) is 31.7 Å². The Bertz CT molecular complexity index is 508. The topological polar surface area (TPSA) is 73.7 Å². The van der Waals surface area contributed by atoms with E-state index in [1.54, 1.807) is 23.2 Å². The molecule has 0 saturated heterocycles. The normalized spacial score (nSPS) is 22.4. The van der Waals surface area contributed by atoms with Gasteiger partial charge in [-0.15, -0.1) is 0 Å². The molecule has 0 aliphatic heterocycles. The average molecular weight is 290 g/mol. The molecule has 1 amide bonds. The monoisotopic (exact) mass is 290 g/mol. The molecule has 0 radical (unpaired) electrons. The number of aromatic nitrogens is 1. The van der Waals surface area contributed by atoms with E-state index in [2.05, 4.69) is 4.98 Å². The summed E-state index contributed by atoms with van der Waals surface area (Å²) in [5, 5.41) is 18.5. The lowest BCUT2D eigenvalue weighted by atomic mass is 9.86. The molecule has 5 heteroatoms. The second-order valence-corrected chi connectivity index (χ2v) is 5.62. The zero-order chi connectivity index (χ0) is 15.2. The van der Waals surface area contributed by atoms with E-state index in [1.165, 1.54) is 12.3 Å². The Morgan fingerprint density at radius 2 is 2.10 bits per heavy atom. The van der Waals surface area contributed by atoms with Crippen LogP contribution >= 0.6 is 0 Å². The fourth-order valence-electron chi connectivity index (χ4n) is 2.72. The maximum Gasteiger partial charge on any atom is 0.246 e. The predicted molar refractivity (Wildman–Crippen MR) is 80.5 cm³/mol. The number of aromatic hydroxyl groups is 1. The van der Waals surface area contributed by atoms with Gasteiger partial charge in [0.05, 0.1) is 6.20 Å². The Morgan fingerprint density at radius 1 is 1.38 bits per heavy atom. The first-order valence-corrected chi connectivity index (χ1v) is 7.30. The van der Waals surface area contributed by atoms with Crippen LogP contribution in [0.15, 0.2) is 24.5 Å². The third-order valence-electron chi connectivity index (χ3n) is 4.13. The Balaban J connectivity index is 1.91. The fraction of sp³-hybridized carbons (Fsp3) is 0.500. The number of amides is 1. The molecule has 1 fully saturated rings. The summed E-state index contributed by atoms with van der Waals surface area (Å²) >= 11 is 0. The molecule has 2 rings (SSSR count). The van der Waals surface area contributed by atoms with Crippen molar-refractivity contribution in [3.63, 3.8) is 0 Å². The van der Waals surface area contributed by atoms with Gasteiger partial charge in [0.15, 0.2) is 0 Å². The molecule has 1 aromatic heterocycles. The number of rotatable bonds is 4. The standard InChI is InChI=1S/C16H22N2O3/c1-18(14-5-2-12(11-19)3-6-14)16(21)7-4-13-8-15(20)10-17-9-13/h4,7-10,12,14,19-20H,2-3,5-6,11H2,1H3/b7-4+. The highest BCUT2D eigenvalue weighted by Crippen LogP contribution is 2.26. The molecule has 1 aliphatic carbocycles. The third-order valence-corrected chi connectivity index (χ3v) is 4.13. The zero-order valence-electron chi connectivity index (χ0n) is 12.3. The third kappa shape index (κ3) is 4.29. The van der Waals surface area contributed by atoms with Crippen molar-refractivity contribution in [1.29, 1.82) is 0 Å². The molecule has 0 atom stereocenters. The summed E-state index contributed by atoms with van der Waals surface area (Å²) in [7, 11) is 1.82. The molecule has 1 heterocycles. The maximum absolute atomic E-state index is 12.2. The van der Waals surface area contributed by atoms with Gasteiger partial charge >= 0.3 is 0 Å². The number of likely N-dealkylation sites (N-methyl/N-ethyl adjacent to an activating group) is 1. The first-order valence-electron chi connectivity index (χ1n) is 7.30. The van der Waals surface area contributed by atoms with E-state index in [0.29, 0.717) is 11.5 Å². The van der Waals surface area contributed by atoms with E-state index in [9.17, 15) is 9.90 Å². The average Bonchev–Trinajstić information content (AvgIpc) is 2.52. The lowest BCUT2D eigenvalue weighted by molar-refractivity contribution is -0.127. The van der Waals surface area contributed by atoms with Crippen molar-refractivity contribution in [1.82, 2.24) is 9.88 Å². The highest BCUT2D eigenvalue weighted by Gasteiger charge is 2.25. The molecule has 114 valence electrons. The van der Waals surface area contributed by atoms with Crippen LogP contribution in [-0.4, -0.2) is 45.7 Å². The summed E-state index contributed by atoms with van der Waals surface area (Å²) < 4.78 is 0. The van der Waals surface area contributed by atoms with Gasteiger partial charge in [-0.2, -0.15) is 0 Å². The van der Waals surface area contributed by atoms with Crippen LogP contribution in [0.1, 0.15) is 31.2 Å². The van der Waals surface area contributed by atoms with Crippen LogP contribution in [0.3, 0.4) is 0 Å². The molecule has 0 aromatic carbocycles. The first-order chi connectivity index (χ1) is 10.1. The lowest BCUT2D eigenvalue weighted by Gasteiger charge is -2.33. The number of carbonyl (C=O) groups is 1. The molecule has 0 spiro atoms. The van der Waals surface area contributed by atoms with Crippen molar-refractivity contribution in [3.8, 4) is 5.75 Å². The van der Waals surface area contributed by atoms with Crippen LogP contribution < -0.4 is 0 Å². The van der Waals surface area contributed by atoms with E-state index in [-0.39, 0.29) is 24.3 Å². The minimum Gasteiger partial charge on any atom is -0.506 e. The number of carbonyl (C=O) groups excluding carboxylic acids is 1. The SMILES string of the molecule is CN(C(=O)/C=C/c1cncc(O)c1)C1CCC(CO)CC1. The van der Waals surface area contributed by atoms with Crippen molar-refractivity contribution in [2.75, 3.05) is 13.7 Å². The van der Waals surface area contributed by atoms with E-state index in [4.69, 9.17) is 5.11 Å². The Hall–Kier alpha value is -1.88. The first kappa shape index (κ1) is 15.5. The van der Waals surface area contributed by atoms with Gasteiger partial charge in [-0.1, -0.05) is 0 Å². The van der Waals surface area contributed by atoms with Gasteiger partial charge < -0.3 is 15.1 Å². The van der Waals surface area contributed by atoms with Gasteiger partial charge in [0.2, 0.25) is 5.91 Å². The summed E-state index contributed by atoms with van der Waals surface area (Å²) in [5.41, 5.74) is 0.695. The number of pyridine rings is 1. The summed E-state index contributed by atoms with van der Waals surface area (Å²) in [6.45, 7) is 0.245. The quantitative estimate of drug-likeness (QED) is 0.829. The van der Waals surface area contributed by atoms with Crippen LogP contribution in [0.4, 0.5) is 0 Å². The van der Waals surface area contributed by atoms with E-state index in [0.717, 1.165) is 25.7 Å². The Morgan fingerprint density at radius 3 is 2.71 bits per heavy atom. The van der Waals surface area contributed by atoms with Gasteiger partial charge in [-0.3, -0.25) is 9.78 Å². The van der Waals surface area contributed by atoms with Crippen molar-refractivity contribution in [3.05, 3.63) is 30.1 Å². The smallest absolute Gasteiger partial charge is 0.246 e. The van der Waals surface area contributed by atoms with Gasteiger partial charge in [0.25, 0.3) is 0 Å². The molecule has 1 aliphatic rings. The van der Waals surface area contributed by atoms with Crippen LogP contribution in [0.2, 0.25) is 0 Å². The van der Waals surface area contributed by atoms with E-state index < -0.39 is 0 Å². The summed E-state index contributed by atoms with van der Waals surface area (Å²) in [6.07, 6.45) is 9.93. The van der Waals surface area contributed by atoms with Gasteiger partial charge in [0, 0.05) is 32.0 Å². The minimum atomic E-state index is -0.0502. The van der Waals surface area contributed by atoms with E-state index in [1.807, 2.05) is 7.05 Å². The molecule has 1 saturated carbocycles.